The standard InChI is InChI=1S/C11H21NO3/c1-10(2,3)15-9(13)12-7-11(4,14)8-5-6-8/h8,14H,5-7H2,1-4H3,(H,12,13). The van der Waals surface area contributed by atoms with Crippen LogP contribution < -0.4 is 5.32 Å². The zero-order valence-electron chi connectivity index (χ0n) is 9.96. The Labute approximate surface area is 91.0 Å². The molecule has 1 amide bonds. The molecule has 0 heterocycles. The minimum absolute atomic E-state index is 0.257. The average Bonchev–Trinajstić information content (AvgIpc) is 2.79. The van der Waals surface area contributed by atoms with Crippen LogP contribution in [0, 0.1) is 5.92 Å². The summed E-state index contributed by atoms with van der Waals surface area (Å²) < 4.78 is 5.07. The van der Waals surface area contributed by atoms with E-state index in [-0.39, 0.29) is 6.54 Å². The number of aliphatic hydroxyl groups is 1. The molecule has 4 nitrogen and oxygen atoms in total. The molecule has 1 unspecified atom stereocenters. The first kappa shape index (κ1) is 12.3. The Kier molecular flexibility index (Phi) is 3.28. The van der Waals surface area contributed by atoms with Crippen LogP contribution in [-0.4, -0.2) is 28.9 Å². The van der Waals surface area contributed by atoms with Crippen molar-refractivity contribution in [1.29, 1.82) is 0 Å². The molecule has 1 aliphatic carbocycles. The highest BCUT2D eigenvalue weighted by Gasteiger charge is 2.40. The van der Waals surface area contributed by atoms with Crippen molar-refractivity contribution >= 4 is 6.09 Å². The Morgan fingerprint density at radius 2 is 1.93 bits per heavy atom. The van der Waals surface area contributed by atoms with Crippen molar-refractivity contribution in [2.75, 3.05) is 6.54 Å². The molecule has 88 valence electrons. The molecule has 1 rings (SSSR count). The molecule has 4 heteroatoms. The Morgan fingerprint density at radius 3 is 2.33 bits per heavy atom. The van der Waals surface area contributed by atoms with Gasteiger partial charge in [-0.05, 0) is 46.5 Å². The minimum Gasteiger partial charge on any atom is -0.444 e. The number of ether oxygens (including phenoxy) is 1. The first-order chi connectivity index (χ1) is 6.71. The highest BCUT2D eigenvalue weighted by molar-refractivity contribution is 5.67. The summed E-state index contributed by atoms with van der Waals surface area (Å²) in [7, 11) is 0. The molecule has 0 aromatic rings. The summed E-state index contributed by atoms with van der Waals surface area (Å²) in [6, 6.07) is 0. The Bertz CT molecular complexity index is 239. The third-order valence-electron chi connectivity index (χ3n) is 2.45. The highest BCUT2D eigenvalue weighted by Crippen LogP contribution is 2.38. The van der Waals surface area contributed by atoms with Crippen molar-refractivity contribution in [1.82, 2.24) is 5.32 Å². The van der Waals surface area contributed by atoms with Crippen molar-refractivity contribution in [2.45, 2.75) is 51.7 Å². The topological polar surface area (TPSA) is 58.6 Å². The highest BCUT2D eigenvalue weighted by atomic mass is 16.6. The van der Waals surface area contributed by atoms with E-state index in [4.69, 9.17) is 4.74 Å². The van der Waals surface area contributed by atoms with Crippen molar-refractivity contribution in [2.24, 2.45) is 5.92 Å². The van der Waals surface area contributed by atoms with Gasteiger partial charge in [-0.3, -0.25) is 0 Å². The van der Waals surface area contributed by atoms with Crippen LogP contribution in [0.15, 0.2) is 0 Å². The van der Waals surface area contributed by atoms with Crippen molar-refractivity contribution in [3.05, 3.63) is 0 Å². The number of rotatable bonds is 3. The van der Waals surface area contributed by atoms with E-state index in [1.54, 1.807) is 6.92 Å². The number of amides is 1. The van der Waals surface area contributed by atoms with Gasteiger partial charge in [-0.25, -0.2) is 4.79 Å². The zero-order valence-corrected chi connectivity index (χ0v) is 9.96. The third-order valence-corrected chi connectivity index (χ3v) is 2.45. The van der Waals surface area contributed by atoms with Crippen LogP contribution in [0.4, 0.5) is 4.79 Å². The maximum atomic E-state index is 11.3. The summed E-state index contributed by atoms with van der Waals surface area (Å²) >= 11 is 0. The van der Waals surface area contributed by atoms with E-state index in [9.17, 15) is 9.90 Å². The lowest BCUT2D eigenvalue weighted by Crippen LogP contribution is -2.44. The lowest BCUT2D eigenvalue weighted by molar-refractivity contribution is 0.0219. The van der Waals surface area contributed by atoms with Gasteiger partial charge in [0.2, 0.25) is 0 Å². The van der Waals surface area contributed by atoms with E-state index in [0.717, 1.165) is 12.8 Å². The van der Waals surface area contributed by atoms with E-state index in [0.29, 0.717) is 5.92 Å². The average molecular weight is 215 g/mol. The van der Waals surface area contributed by atoms with Gasteiger partial charge >= 0.3 is 6.09 Å². The minimum atomic E-state index is -0.795. The van der Waals surface area contributed by atoms with Crippen LogP contribution in [-0.2, 0) is 4.74 Å². The van der Waals surface area contributed by atoms with Gasteiger partial charge < -0.3 is 15.2 Å². The van der Waals surface area contributed by atoms with Crippen LogP contribution in [0.25, 0.3) is 0 Å². The van der Waals surface area contributed by atoms with E-state index in [1.165, 1.54) is 0 Å². The van der Waals surface area contributed by atoms with E-state index >= 15 is 0 Å². The van der Waals surface area contributed by atoms with Crippen molar-refractivity contribution in [3.63, 3.8) is 0 Å². The molecule has 0 radical (unpaired) electrons. The first-order valence-corrected chi connectivity index (χ1v) is 5.40. The number of carbonyl (C=O) groups is 1. The molecule has 0 aromatic carbocycles. The van der Waals surface area contributed by atoms with Gasteiger partial charge in [0.25, 0.3) is 0 Å². The second-order valence-electron chi connectivity index (χ2n) is 5.49. The molecular formula is C11H21NO3. The van der Waals surface area contributed by atoms with Crippen LogP contribution in [0.3, 0.4) is 0 Å². The van der Waals surface area contributed by atoms with Crippen LogP contribution >= 0.6 is 0 Å². The molecule has 0 bridgehead atoms. The normalized spacial score (nSPS) is 20.6. The Morgan fingerprint density at radius 1 is 1.40 bits per heavy atom. The van der Waals surface area contributed by atoms with Crippen LogP contribution in [0.5, 0.6) is 0 Å². The number of alkyl carbamates (subject to hydrolysis) is 1. The van der Waals surface area contributed by atoms with Gasteiger partial charge in [-0.1, -0.05) is 0 Å². The summed E-state index contributed by atoms with van der Waals surface area (Å²) in [4.78, 5) is 11.3. The second-order valence-corrected chi connectivity index (χ2v) is 5.49. The lowest BCUT2D eigenvalue weighted by Gasteiger charge is -2.25. The van der Waals surface area contributed by atoms with Gasteiger partial charge in [0, 0.05) is 6.54 Å². The van der Waals surface area contributed by atoms with Crippen LogP contribution in [0.2, 0.25) is 0 Å². The molecule has 1 fully saturated rings. The van der Waals surface area contributed by atoms with E-state index in [2.05, 4.69) is 5.32 Å². The van der Waals surface area contributed by atoms with Gasteiger partial charge in [0.05, 0.1) is 5.60 Å². The fourth-order valence-corrected chi connectivity index (χ4v) is 1.41. The molecule has 0 spiro atoms. The number of carbonyl (C=O) groups excluding carboxylic acids is 1. The molecule has 1 saturated carbocycles. The maximum Gasteiger partial charge on any atom is 0.407 e. The Balaban J connectivity index is 2.27. The summed E-state index contributed by atoms with van der Waals surface area (Å²) in [5, 5.41) is 12.5. The SMILES string of the molecule is CC(C)(C)OC(=O)NCC(C)(O)C1CC1. The van der Waals surface area contributed by atoms with E-state index < -0.39 is 17.3 Å². The predicted molar refractivity (Wildman–Crippen MR) is 57.6 cm³/mol. The second kappa shape index (κ2) is 4.00. The monoisotopic (exact) mass is 215 g/mol. The number of nitrogens with one attached hydrogen (secondary N) is 1. The largest absolute Gasteiger partial charge is 0.444 e. The quantitative estimate of drug-likeness (QED) is 0.753. The molecule has 15 heavy (non-hydrogen) atoms. The van der Waals surface area contributed by atoms with E-state index in [1.807, 2.05) is 20.8 Å². The van der Waals surface area contributed by atoms with Crippen molar-refractivity contribution < 1.29 is 14.6 Å². The van der Waals surface area contributed by atoms with Gasteiger partial charge in [0.15, 0.2) is 0 Å². The van der Waals surface area contributed by atoms with Gasteiger partial charge in [-0.15, -0.1) is 0 Å². The molecule has 2 N–H and O–H groups in total. The molecule has 0 aromatic heterocycles. The summed E-state index contributed by atoms with van der Waals surface area (Å²) in [5.74, 6) is 0.326. The molecule has 1 aliphatic rings. The summed E-state index contributed by atoms with van der Waals surface area (Å²) in [5.41, 5.74) is -1.29. The summed E-state index contributed by atoms with van der Waals surface area (Å²) in [6.45, 7) is 7.44. The number of hydrogen-bond donors (Lipinski definition) is 2. The lowest BCUT2D eigenvalue weighted by atomic mass is 10.0. The zero-order chi connectivity index (χ0) is 11.7. The summed E-state index contributed by atoms with van der Waals surface area (Å²) in [6.07, 6.45) is 1.62. The Hall–Kier alpha value is -0.770. The molecule has 0 saturated heterocycles. The fraction of sp³-hybridized carbons (Fsp3) is 0.909. The number of hydrogen-bond acceptors (Lipinski definition) is 3. The van der Waals surface area contributed by atoms with Gasteiger partial charge in [-0.2, -0.15) is 0 Å². The first-order valence-electron chi connectivity index (χ1n) is 5.40. The maximum absolute atomic E-state index is 11.3. The fourth-order valence-electron chi connectivity index (χ4n) is 1.41. The third kappa shape index (κ3) is 4.51. The molecule has 1 atom stereocenters. The smallest absolute Gasteiger partial charge is 0.407 e. The molecule has 0 aliphatic heterocycles. The molecular weight excluding hydrogens is 194 g/mol. The van der Waals surface area contributed by atoms with Gasteiger partial charge in [0.1, 0.15) is 5.60 Å². The van der Waals surface area contributed by atoms with Crippen LogP contribution in [0.1, 0.15) is 40.5 Å². The van der Waals surface area contributed by atoms with Crippen molar-refractivity contribution in [3.8, 4) is 0 Å². The predicted octanol–water partition coefficient (Wildman–Crippen LogP) is 1.67.